The van der Waals surface area contributed by atoms with Crippen molar-refractivity contribution in [2.24, 2.45) is 0 Å². The van der Waals surface area contributed by atoms with Crippen LogP contribution in [0.5, 0.6) is 0 Å². The molecule has 2 aromatic rings. The number of rotatable bonds is 6. The number of aryl methyl sites for hydroxylation is 1. The van der Waals surface area contributed by atoms with Crippen LogP contribution >= 0.6 is 34.5 Å². The van der Waals surface area contributed by atoms with Gasteiger partial charge in [0.15, 0.2) is 0 Å². The lowest BCUT2D eigenvalue weighted by atomic mass is 10.2. The van der Waals surface area contributed by atoms with E-state index in [-0.39, 0.29) is 0 Å². The number of halogens is 2. The number of benzene rings is 1. The quantitative estimate of drug-likeness (QED) is 0.790. The Kier molecular flexibility index (Phi) is 5.85. The van der Waals surface area contributed by atoms with Crippen molar-refractivity contribution in [3.8, 4) is 10.6 Å². The average molecular weight is 329 g/mol. The Morgan fingerprint density at radius 1 is 1.15 bits per heavy atom. The molecule has 0 spiro atoms. The second kappa shape index (κ2) is 7.41. The molecule has 0 fully saturated rings. The lowest BCUT2D eigenvalue weighted by Gasteiger charge is -2.00. The van der Waals surface area contributed by atoms with Crippen LogP contribution in [0, 0.1) is 0 Å². The molecule has 0 unspecified atom stereocenters. The van der Waals surface area contributed by atoms with Crippen molar-refractivity contribution in [3.63, 3.8) is 0 Å². The van der Waals surface area contributed by atoms with E-state index in [0.717, 1.165) is 36.5 Å². The molecule has 0 radical (unpaired) electrons. The van der Waals surface area contributed by atoms with E-state index in [4.69, 9.17) is 28.2 Å². The summed E-state index contributed by atoms with van der Waals surface area (Å²) in [6, 6.07) is 5.57. The second-order valence-electron chi connectivity index (χ2n) is 4.58. The molecule has 0 saturated heterocycles. The molecular weight excluding hydrogens is 311 g/mol. The molecule has 5 heteroatoms. The van der Waals surface area contributed by atoms with Gasteiger partial charge in [0.25, 0.3) is 0 Å². The van der Waals surface area contributed by atoms with Gasteiger partial charge in [0, 0.05) is 27.0 Å². The van der Waals surface area contributed by atoms with E-state index < -0.39 is 0 Å². The zero-order chi connectivity index (χ0) is 14.5. The fourth-order valence-corrected chi connectivity index (χ4v) is 3.58. The van der Waals surface area contributed by atoms with Gasteiger partial charge in [-0.2, -0.15) is 0 Å². The highest BCUT2D eigenvalue weighted by atomic mass is 35.5. The molecule has 0 bridgehead atoms. The van der Waals surface area contributed by atoms with Crippen LogP contribution in [0.25, 0.3) is 10.6 Å². The van der Waals surface area contributed by atoms with Crippen molar-refractivity contribution < 1.29 is 0 Å². The van der Waals surface area contributed by atoms with Crippen LogP contribution in [0.3, 0.4) is 0 Å². The monoisotopic (exact) mass is 328 g/mol. The summed E-state index contributed by atoms with van der Waals surface area (Å²) in [5, 5.41) is 5.65. The molecule has 0 aliphatic rings. The third-order valence-electron chi connectivity index (χ3n) is 2.91. The minimum absolute atomic E-state index is 0.646. The van der Waals surface area contributed by atoms with Crippen LogP contribution in [-0.4, -0.2) is 11.5 Å². The predicted molar refractivity (Wildman–Crippen MR) is 88.9 cm³/mol. The maximum atomic E-state index is 6.07. The van der Waals surface area contributed by atoms with E-state index in [1.165, 1.54) is 10.6 Å². The van der Waals surface area contributed by atoms with E-state index in [9.17, 15) is 0 Å². The topological polar surface area (TPSA) is 24.9 Å². The van der Waals surface area contributed by atoms with Gasteiger partial charge in [-0.25, -0.2) is 4.98 Å². The van der Waals surface area contributed by atoms with Crippen LogP contribution in [0.4, 0.5) is 0 Å². The molecule has 0 atom stereocenters. The van der Waals surface area contributed by atoms with E-state index in [2.05, 4.69) is 19.2 Å². The number of nitrogens with zero attached hydrogens (tertiary/aromatic N) is 1. The highest BCUT2D eigenvalue weighted by Gasteiger charge is 2.12. The summed E-state index contributed by atoms with van der Waals surface area (Å²) < 4.78 is 0. The first-order valence-electron chi connectivity index (χ1n) is 6.79. The molecule has 0 saturated carbocycles. The Hall–Kier alpha value is -0.610. The number of hydrogen-bond donors (Lipinski definition) is 1. The van der Waals surface area contributed by atoms with Crippen molar-refractivity contribution in [2.45, 2.75) is 33.2 Å². The fraction of sp³-hybridized carbons (Fsp3) is 0.400. The summed E-state index contributed by atoms with van der Waals surface area (Å²) in [6.45, 7) is 6.12. The van der Waals surface area contributed by atoms with Gasteiger partial charge in [0.05, 0.1) is 5.69 Å². The molecule has 1 heterocycles. The van der Waals surface area contributed by atoms with Gasteiger partial charge in [-0.1, -0.05) is 43.5 Å². The zero-order valence-electron chi connectivity index (χ0n) is 11.7. The lowest BCUT2D eigenvalue weighted by Crippen LogP contribution is -2.11. The van der Waals surface area contributed by atoms with Crippen LogP contribution < -0.4 is 5.32 Å². The van der Waals surface area contributed by atoms with Gasteiger partial charge >= 0.3 is 0 Å². The highest BCUT2D eigenvalue weighted by Crippen LogP contribution is 2.32. The van der Waals surface area contributed by atoms with Gasteiger partial charge in [-0.15, -0.1) is 11.3 Å². The zero-order valence-corrected chi connectivity index (χ0v) is 14.0. The molecule has 2 rings (SSSR count). The van der Waals surface area contributed by atoms with Crippen LogP contribution in [0.1, 0.15) is 30.8 Å². The first-order chi connectivity index (χ1) is 9.63. The molecule has 0 aliphatic carbocycles. The summed E-state index contributed by atoms with van der Waals surface area (Å²) in [4.78, 5) is 6.07. The van der Waals surface area contributed by atoms with Crippen molar-refractivity contribution in [1.82, 2.24) is 10.3 Å². The normalized spacial score (nSPS) is 11.0. The first kappa shape index (κ1) is 15.8. The Balaban J connectivity index is 2.35. The summed E-state index contributed by atoms with van der Waals surface area (Å²) in [7, 11) is 0. The van der Waals surface area contributed by atoms with Gasteiger partial charge < -0.3 is 5.32 Å². The highest BCUT2D eigenvalue weighted by molar-refractivity contribution is 7.15. The van der Waals surface area contributed by atoms with Crippen molar-refractivity contribution in [1.29, 1.82) is 0 Å². The Morgan fingerprint density at radius 2 is 1.85 bits per heavy atom. The summed E-state index contributed by atoms with van der Waals surface area (Å²) in [6.07, 6.45) is 2.10. The first-order valence-corrected chi connectivity index (χ1v) is 8.37. The largest absolute Gasteiger partial charge is 0.312 e. The molecular formula is C15H18Cl2N2S. The third-order valence-corrected chi connectivity index (χ3v) is 4.49. The standard InChI is InChI=1S/C15H18Cl2N2S/c1-3-5-13-14(9-18-4-2)20-15(19-13)10-6-11(16)8-12(17)7-10/h6-8,18H,3-5,9H2,1-2H3. The van der Waals surface area contributed by atoms with E-state index in [1.807, 2.05) is 12.1 Å². The molecule has 1 aromatic carbocycles. The number of aromatic nitrogens is 1. The lowest BCUT2D eigenvalue weighted by molar-refractivity contribution is 0.723. The van der Waals surface area contributed by atoms with Crippen LogP contribution in [0.15, 0.2) is 18.2 Å². The van der Waals surface area contributed by atoms with Gasteiger partial charge in [0.2, 0.25) is 0 Å². The van der Waals surface area contributed by atoms with Crippen molar-refractivity contribution >= 4 is 34.5 Å². The molecule has 0 amide bonds. The molecule has 108 valence electrons. The van der Waals surface area contributed by atoms with Gasteiger partial charge in [-0.05, 0) is 31.2 Å². The minimum atomic E-state index is 0.646. The molecule has 1 N–H and O–H groups in total. The Morgan fingerprint density at radius 3 is 2.45 bits per heavy atom. The predicted octanol–water partition coefficient (Wildman–Crippen LogP) is 5.18. The SMILES string of the molecule is CCCc1nc(-c2cc(Cl)cc(Cl)c2)sc1CNCC. The van der Waals surface area contributed by atoms with Gasteiger partial charge in [-0.3, -0.25) is 0 Å². The minimum Gasteiger partial charge on any atom is -0.312 e. The van der Waals surface area contributed by atoms with E-state index >= 15 is 0 Å². The van der Waals surface area contributed by atoms with Gasteiger partial charge in [0.1, 0.15) is 5.01 Å². The van der Waals surface area contributed by atoms with E-state index in [1.54, 1.807) is 17.4 Å². The van der Waals surface area contributed by atoms with Crippen molar-refractivity contribution in [2.75, 3.05) is 6.54 Å². The molecule has 1 aromatic heterocycles. The second-order valence-corrected chi connectivity index (χ2v) is 6.53. The molecule has 0 aliphatic heterocycles. The van der Waals surface area contributed by atoms with Crippen LogP contribution in [0.2, 0.25) is 10.0 Å². The average Bonchev–Trinajstić information content (AvgIpc) is 2.79. The number of thiazole rings is 1. The maximum absolute atomic E-state index is 6.07. The van der Waals surface area contributed by atoms with Crippen LogP contribution in [-0.2, 0) is 13.0 Å². The third kappa shape index (κ3) is 3.95. The number of hydrogen-bond acceptors (Lipinski definition) is 3. The number of nitrogens with one attached hydrogen (secondary N) is 1. The van der Waals surface area contributed by atoms with E-state index in [0.29, 0.717) is 10.0 Å². The maximum Gasteiger partial charge on any atom is 0.124 e. The Labute approximate surface area is 134 Å². The molecule has 2 nitrogen and oxygen atoms in total. The Bertz CT molecular complexity index is 561. The van der Waals surface area contributed by atoms with Crippen molar-refractivity contribution in [3.05, 3.63) is 38.8 Å². The fourth-order valence-electron chi connectivity index (χ4n) is 1.99. The molecule has 20 heavy (non-hydrogen) atoms. The smallest absolute Gasteiger partial charge is 0.124 e. The summed E-state index contributed by atoms with van der Waals surface area (Å²) >= 11 is 13.9. The summed E-state index contributed by atoms with van der Waals surface area (Å²) in [5.74, 6) is 0. The summed E-state index contributed by atoms with van der Waals surface area (Å²) in [5.41, 5.74) is 2.18.